The van der Waals surface area contributed by atoms with Gasteiger partial charge >= 0.3 is 0 Å². The maximum atomic E-state index is 12.6. The molecular weight excluding hydrogens is 278 g/mol. The van der Waals surface area contributed by atoms with Crippen molar-refractivity contribution in [2.24, 2.45) is 0 Å². The third-order valence-corrected chi connectivity index (χ3v) is 3.67. The summed E-state index contributed by atoms with van der Waals surface area (Å²) in [6, 6.07) is 14.8. The molecule has 1 N–H and O–H groups in total. The number of hydrogen-bond donors (Lipinski definition) is 1. The van der Waals surface area contributed by atoms with E-state index in [4.69, 9.17) is 9.15 Å². The number of ether oxygens (including phenoxy) is 1. The Labute approximate surface area is 128 Å². The van der Waals surface area contributed by atoms with Gasteiger partial charge in [0.25, 0.3) is 5.91 Å². The first kappa shape index (κ1) is 14.2. The number of benzene rings is 2. The number of fused-ring (bicyclic) bond motifs is 1. The number of methoxy groups -OCH3 is 1. The number of furan rings is 1. The lowest BCUT2D eigenvalue weighted by Gasteiger charge is -2.14. The van der Waals surface area contributed by atoms with Gasteiger partial charge in [0.2, 0.25) is 0 Å². The van der Waals surface area contributed by atoms with Crippen LogP contribution in [0, 0.1) is 0 Å². The average Bonchev–Trinajstić information content (AvgIpc) is 3.08. The highest BCUT2D eigenvalue weighted by Crippen LogP contribution is 2.28. The molecule has 3 rings (SSSR count). The average molecular weight is 295 g/mol. The minimum Gasteiger partial charge on any atom is -0.496 e. The third-order valence-electron chi connectivity index (χ3n) is 3.67. The van der Waals surface area contributed by atoms with Gasteiger partial charge in [-0.05, 0) is 36.6 Å². The zero-order valence-corrected chi connectivity index (χ0v) is 12.5. The Hall–Kier alpha value is -2.75. The molecule has 0 saturated heterocycles. The van der Waals surface area contributed by atoms with Crippen molar-refractivity contribution in [3.8, 4) is 5.75 Å². The predicted molar refractivity (Wildman–Crippen MR) is 85.1 cm³/mol. The Morgan fingerprint density at radius 2 is 1.86 bits per heavy atom. The van der Waals surface area contributed by atoms with Gasteiger partial charge in [-0.1, -0.05) is 24.3 Å². The first-order valence-electron chi connectivity index (χ1n) is 7.10. The van der Waals surface area contributed by atoms with Gasteiger partial charge in [0.05, 0.1) is 19.4 Å². The van der Waals surface area contributed by atoms with Crippen LogP contribution in [0.2, 0.25) is 0 Å². The highest BCUT2D eigenvalue weighted by Gasteiger charge is 2.16. The molecule has 4 nitrogen and oxygen atoms in total. The summed E-state index contributed by atoms with van der Waals surface area (Å²) < 4.78 is 10.7. The minimum absolute atomic E-state index is 0.136. The van der Waals surface area contributed by atoms with Crippen molar-refractivity contribution in [2.75, 3.05) is 7.11 Å². The zero-order valence-electron chi connectivity index (χ0n) is 12.5. The summed E-state index contributed by atoms with van der Waals surface area (Å²) in [5, 5.41) is 4.74. The first-order valence-corrected chi connectivity index (χ1v) is 7.10. The van der Waals surface area contributed by atoms with Crippen LogP contribution in [0.3, 0.4) is 0 Å². The van der Waals surface area contributed by atoms with Crippen LogP contribution < -0.4 is 10.1 Å². The van der Waals surface area contributed by atoms with E-state index >= 15 is 0 Å². The molecule has 2 aromatic carbocycles. The summed E-state index contributed by atoms with van der Waals surface area (Å²) >= 11 is 0. The van der Waals surface area contributed by atoms with E-state index in [-0.39, 0.29) is 11.9 Å². The van der Waals surface area contributed by atoms with Gasteiger partial charge in [-0.2, -0.15) is 0 Å². The Balaban J connectivity index is 1.94. The molecule has 0 fully saturated rings. The van der Waals surface area contributed by atoms with Crippen molar-refractivity contribution in [2.45, 2.75) is 13.0 Å². The molecule has 1 aromatic heterocycles. The lowest BCUT2D eigenvalue weighted by atomic mass is 10.0. The van der Waals surface area contributed by atoms with Crippen LogP contribution in [-0.2, 0) is 0 Å². The van der Waals surface area contributed by atoms with Crippen molar-refractivity contribution in [1.29, 1.82) is 0 Å². The fourth-order valence-electron chi connectivity index (χ4n) is 2.53. The zero-order chi connectivity index (χ0) is 15.5. The van der Waals surface area contributed by atoms with E-state index in [0.717, 1.165) is 22.3 Å². The van der Waals surface area contributed by atoms with Crippen LogP contribution in [0.15, 0.2) is 59.2 Å². The van der Waals surface area contributed by atoms with E-state index in [2.05, 4.69) is 5.32 Å². The molecule has 0 aliphatic rings. The van der Waals surface area contributed by atoms with Crippen LogP contribution in [0.25, 0.3) is 10.8 Å². The molecule has 0 radical (unpaired) electrons. The Kier molecular flexibility index (Phi) is 3.83. The number of carbonyl (C=O) groups excluding carboxylic acids is 1. The molecule has 0 aliphatic heterocycles. The van der Waals surface area contributed by atoms with Crippen molar-refractivity contribution in [1.82, 2.24) is 5.32 Å². The van der Waals surface area contributed by atoms with Gasteiger partial charge in [0.1, 0.15) is 11.5 Å². The summed E-state index contributed by atoms with van der Waals surface area (Å²) in [6.07, 6.45) is 1.60. The molecule has 3 aromatic rings. The van der Waals surface area contributed by atoms with Crippen LogP contribution >= 0.6 is 0 Å². The number of rotatable bonds is 4. The molecule has 1 amide bonds. The normalized spacial score (nSPS) is 12.1. The second-order valence-corrected chi connectivity index (χ2v) is 5.07. The molecule has 1 unspecified atom stereocenters. The third kappa shape index (κ3) is 2.55. The van der Waals surface area contributed by atoms with Crippen molar-refractivity contribution >= 4 is 16.7 Å². The molecule has 0 spiro atoms. The monoisotopic (exact) mass is 295 g/mol. The van der Waals surface area contributed by atoms with Crippen LogP contribution in [0.1, 0.15) is 29.1 Å². The second-order valence-electron chi connectivity index (χ2n) is 5.07. The van der Waals surface area contributed by atoms with Gasteiger partial charge in [-0.3, -0.25) is 4.79 Å². The highest BCUT2D eigenvalue weighted by molar-refractivity contribution is 6.08. The Morgan fingerprint density at radius 1 is 1.09 bits per heavy atom. The van der Waals surface area contributed by atoms with Crippen molar-refractivity contribution in [3.63, 3.8) is 0 Å². The summed E-state index contributed by atoms with van der Waals surface area (Å²) in [5.74, 6) is 1.35. The van der Waals surface area contributed by atoms with Gasteiger partial charge in [0, 0.05) is 10.9 Å². The highest BCUT2D eigenvalue weighted by atomic mass is 16.5. The van der Waals surface area contributed by atoms with Gasteiger partial charge < -0.3 is 14.5 Å². The summed E-state index contributed by atoms with van der Waals surface area (Å²) in [5.41, 5.74) is 0.620. The molecule has 112 valence electrons. The van der Waals surface area contributed by atoms with Crippen LogP contribution in [0.5, 0.6) is 5.75 Å². The molecule has 22 heavy (non-hydrogen) atoms. The largest absolute Gasteiger partial charge is 0.496 e. The van der Waals surface area contributed by atoms with Gasteiger partial charge in [-0.15, -0.1) is 0 Å². The lowest BCUT2D eigenvalue weighted by Crippen LogP contribution is -2.26. The van der Waals surface area contributed by atoms with E-state index in [1.165, 1.54) is 0 Å². The first-order chi connectivity index (χ1) is 10.7. The number of hydrogen-bond acceptors (Lipinski definition) is 3. The lowest BCUT2D eigenvalue weighted by molar-refractivity contribution is 0.0937. The molecule has 1 heterocycles. The molecule has 4 heteroatoms. The summed E-state index contributed by atoms with van der Waals surface area (Å²) in [6.45, 7) is 1.89. The van der Waals surface area contributed by atoms with E-state index in [9.17, 15) is 4.79 Å². The maximum absolute atomic E-state index is 12.6. The summed E-state index contributed by atoms with van der Waals surface area (Å²) in [7, 11) is 1.63. The standard InChI is InChI=1S/C18H17NO3/c1-12(16-8-5-11-22-16)19-18(20)15-9-10-17(21-2)14-7-4-3-6-13(14)15/h3-12H,1-2H3,(H,19,20). The van der Waals surface area contributed by atoms with E-state index < -0.39 is 0 Å². The van der Waals surface area contributed by atoms with E-state index in [1.54, 1.807) is 25.5 Å². The number of amides is 1. The topological polar surface area (TPSA) is 51.5 Å². The molecule has 0 aliphatic carbocycles. The van der Waals surface area contributed by atoms with E-state index in [1.807, 2.05) is 43.3 Å². The Morgan fingerprint density at radius 3 is 2.55 bits per heavy atom. The molecule has 1 atom stereocenters. The van der Waals surface area contributed by atoms with Crippen molar-refractivity contribution in [3.05, 3.63) is 66.1 Å². The number of nitrogens with one attached hydrogen (secondary N) is 1. The fourth-order valence-corrected chi connectivity index (χ4v) is 2.53. The van der Waals surface area contributed by atoms with Crippen molar-refractivity contribution < 1.29 is 13.9 Å². The van der Waals surface area contributed by atoms with Crippen LogP contribution in [0.4, 0.5) is 0 Å². The van der Waals surface area contributed by atoms with Gasteiger partial charge in [0.15, 0.2) is 0 Å². The SMILES string of the molecule is COc1ccc(C(=O)NC(C)c2ccco2)c2ccccc12. The molecular formula is C18H17NO3. The minimum atomic E-state index is -0.191. The number of carbonyl (C=O) groups is 1. The predicted octanol–water partition coefficient (Wildman–Crippen LogP) is 3.93. The quantitative estimate of drug-likeness (QED) is 0.793. The second kappa shape index (κ2) is 5.93. The molecule has 0 saturated carbocycles. The Bertz CT molecular complexity index is 793. The van der Waals surface area contributed by atoms with Crippen LogP contribution in [-0.4, -0.2) is 13.0 Å². The maximum Gasteiger partial charge on any atom is 0.252 e. The fraction of sp³-hybridized carbons (Fsp3) is 0.167. The smallest absolute Gasteiger partial charge is 0.252 e. The summed E-state index contributed by atoms with van der Waals surface area (Å²) in [4.78, 5) is 12.6. The van der Waals surface area contributed by atoms with E-state index in [0.29, 0.717) is 5.56 Å². The molecule has 0 bridgehead atoms. The van der Waals surface area contributed by atoms with Gasteiger partial charge in [-0.25, -0.2) is 0 Å².